The summed E-state index contributed by atoms with van der Waals surface area (Å²) in [6, 6.07) is 3.52. The number of anilines is 1. The van der Waals surface area contributed by atoms with Crippen LogP contribution in [-0.2, 0) is 0 Å². The highest BCUT2D eigenvalue weighted by molar-refractivity contribution is 5.44. The minimum absolute atomic E-state index is 0.152. The summed E-state index contributed by atoms with van der Waals surface area (Å²) in [5.74, 6) is -0.458. The number of benzene rings is 1. The maximum atomic E-state index is 13.7. The smallest absolute Gasteiger partial charge is 0.208 e. The monoisotopic (exact) mass is 251 g/mol. The van der Waals surface area contributed by atoms with Crippen molar-refractivity contribution < 1.29 is 8.78 Å². The van der Waals surface area contributed by atoms with E-state index < -0.39 is 11.6 Å². The second-order valence-electron chi connectivity index (χ2n) is 4.47. The Labute approximate surface area is 104 Å². The van der Waals surface area contributed by atoms with Crippen molar-refractivity contribution >= 4 is 5.95 Å². The first-order chi connectivity index (χ1) is 8.47. The number of halogens is 2. The number of nitrogens with one attached hydrogen (secondary N) is 1. The molecule has 0 atom stereocenters. The Kier molecular flexibility index (Phi) is 3.32. The Hall–Kier alpha value is -1.91. The van der Waals surface area contributed by atoms with E-state index in [0.29, 0.717) is 5.95 Å². The van der Waals surface area contributed by atoms with Crippen LogP contribution in [0.3, 0.4) is 0 Å². The predicted molar refractivity (Wildman–Crippen MR) is 67.0 cm³/mol. The van der Waals surface area contributed by atoms with E-state index in [-0.39, 0.29) is 11.7 Å². The van der Waals surface area contributed by atoms with Crippen molar-refractivity contribution in [3.63, 3.8) is 0 Å². The summed E-state index contributed by atoms with van der Waals surface area (Å²) in [6.45, 7) is 5.71. The highest BCUT2D eigenvalue weighted by Crippen LogP contribution is 2.21. The zero-order valence-corrected chi connectivity index (χ0v) is 10.5. The summed E-state index contributed by atoms with van der Waals surface area (Å²) in [6.07, 6.45) is 1.67. The van der Waals surface area contributed by atoms with Crippen LogP contribution in [0.4, 0.5) is 14.7 Å². The Morgan fingerprint density at radius 3 is 2.67 bits per heavy atom. The molecular formula is C13H15F2N3. The summed E-state index contributed by atoms with van der Waals surface area (Å²) < 4.78 is 28.5. The fraction of sp³-hybridized carbons (Fsp3) is 0.308. The lowest BCUT2D eigenvalue weighted by molar-refractivity contribution is 0.592. The third-order valence-corrected chi connectivity index (χ3v) is 2.41. The van der Waals surface area contributed by atoms with E-state index in [1.807, 2.05) is 13.8 Å². The molecule has 0 aliphatic rings. The zero-order chi connectivity index (χ0) is 13.3. The third kappa shape index (κ3) is 2.50. The van der Waals surface area contributed by atoms with Gasteiger partial charge in [-0.1, -0.05) is 0 Å². The maximum absolute atomic E-state index is 13.7. The molecule has 1 aromatic heterocycles. The molecule has 18 heavy (non-hydrogen) atoms. The van der Waals surface area contributed by atoms with E-state index in [9.17, 15) is 8.78 Å². The van der Waals surface area contributed by atoms with Crippen LogP contribution < -0.4 is 5.32 Å². The van der Waals surface area contributed by atoms with Gasteiger partial charge in [0, 0.05) is 18.3 Å². The molecule has 2 rings (SSSR count). The molecule has 3 nitrogen and oxygen atoms in total. The van der Waals surface area contributed by atoms with Crippen molar-refractivity contribution in [1.82, 2.24) is 9.55 Å². The predicted octanol–water partition coefficient (Wildman–Crippen LogP) is 3.28. The summed E-state index contributed by atoms with van der Waals surface area (Å²) in [5.41, 5.74) is 0.889. The second kappa shape index (κ2) is 4.76. The molecule has 0 radical (unpaired) electrons. The van der Waals surface area contributed by atoms with E-state index in [0.717, 1.165) is 23.9 Å². The Morgan fingerprint density at radius 2 is 2.00 bits per heavy atom. The molecule has 0 amide bonds. The van der Waals surface area contributed by atoms with Gasteiger partial charge in [-0.15, -0.1) is 0 Å². The third-order valence-electron chi connectivity index (χ3n) is 2.41. The van der Waals surface area contributed by atoms with E-state index in [4.69, 9.17) is 0 Å². The molecule has 0 unspecified atom stereocenters. The molecule has 1 heterocycles. The van der Waals surface area contributed by atoms with Gasteiger partial charge < -0.3 is 5.32 Å². The van der Waals surface area contributed by atoms with Gasteiger partial charge in [-0.05, 0) is 32.9 Å². The molecule has 0 fully saturated rings. The molecule has 96 valence electrons. The van der Waals surface area contributed by atoms with Gasteiger partial charge in [0.15, 0.2) is 0 Å². The van der Waals surface area contributed by atoms with Crippen molar-refractivity contribution in [2.75, 3.05) is 5.32 Å². The maximum Gasteiger partial charge on any atom is 0.208 e. The van der Waals surface area contributed by atoms with Crippen molar-refractivity contribution in [3.05, 3.63) is 41.7 Å². The van der Waals surface area contributed by atoms with Gasteiger partial charge in [-0.3, -0.25) is 4.57 Å². The number of nitrogens with zero attached hydrogens (tertiary/aromatic N) is 2. The number of rotatable bonds is 3. The topological polar surface area (TPSA) is 29.9 Å². The van der Waals surface area contributed by atoms with Crippen molar-refractivity contribution in [2.24, 2.45) is 0 Å². The van der Waals surface area contributed by atoms with Crippen LogP contribution in [0.2, 0.25) is 0 Å². The SMILES string of the molecule is Cc1cn(-c2cc(F)ccc2F)c(NC(C)C)n1. The van der Waals surface area contributed by atoms with E-state index in [1.165, 1.54) is 4.57 Å². The average Bonchev–Trinajstić information content (AvgIpc) is 2.62. The van der Waals surface area contributed by atoms with Crippen LogP contribution >= 0.6 is 0 Å². The van der Waals surface area contributed by atoms with Crippen molar-refractivity contribution in [2.45, 2.75) is 26.8 Å². The second-order valence-corrected chi connectivity index (χ2v) is 4.47. The van der Waals surface area contributed by atoms with Crippen molar-refractivity contribution in [1.29, 1.82) is 0 Å². The molecule has 1 N–H and O–H groups in total. The van der Waals surface area contributed by atoms with Crippen molar-refractivity contribution in [3.8, 4) is 5.69 Å². The molecule has 0 saturated carbocycles. The van der Waals surface area contributed by atoms with Crippen LogP contribution in [0.15, 0.2) is 24.4 Å². The van der Waals surface area contributed by atoms with Gasteiger partial charge in [0.05, 0.1) is 11.4 Å². The van der Waals surface area contributed by atoms with E-state index >= 15 is 0 Å². The first-order valence-corrected chi connectivity index (χ1v) is 5.75. The molecule has 0 spiro atoms. The lowest BCUT2D eigenvalue weighted by atomic mass is 10.3. The molecule has 2 aromatic rings. The lowest BCUT2D eigenvalue weighted by Gasteiger charge is -2.12. The summed E-state index contributed by atoms with van der Waals surface area (Å²) in [5, 5.41) is 3.10. The summed E-state index contributed by atoms with van der Waals surface area (Å²) in [7, 11) is 0. The van der Waals surface area contributed by atoms with Crippen LogP contribution in [0.5, 0.6) is 0 Å². The largest absolute Gasteiger partial charge is 0.353 e. The fourth-order valence-corrected chi connectivity index (χ4v) is 1.71. The molecule has 0 bridgehead atoms. The Bertz CT molecular complexity index is 561. The standard InChI is InChI=1S/C13H15F2N3/c1-8(2)16-13-17-9(3)7-18(13)12-6-10(14)4-5-11(12)15/h4-8H,1-3H3,(H,16,17). The minimum Gasteiger partial charge on any atom is -0.353 e. The molecule has 1 aromatic carbocycles. The van der Waals surface area contributed by atoms with Crippen LogP contribution in [0.25, 0.3) is 5.69 Å². The van der Waals surface area contributed by atoms with Gasteiger partial charge in [0.1, 0.15) is 11.6 Å². The number of imidazole rings is 1. The average molecular weight is 251 g/mol. The van der Waals surface area contributed by atoms with Gasteiger partial charge in [0.2, 0.25) is 5.95 Å². The molecule has 5 heteroatoms. The Balaban J connectivity index is 2.52. The molecule has 0 aliphatic heterocycles. The zero-order valence-electron chi connectivity index (χ0n) is 10.5. The van der Waals surface area contributed by atoms with Crippen LogP contribution in [0, 0.1) is 18.6 Å². The van der Waals surface area contributed by atoms with Gasteiger partial charge in [0.25, 0.3) is 0 Å². The number of hydrogen-bond donors (Lipinski definition) is 1. The number of aromatic nitrogens is 2. The molecular weight excluding hydrogens is 236 g/mol. The van der Waals surface area contributed by atoms with Gasteiger partial charge in [-0.2, -0.15) is 0 Å². The minimum atomic E-state index is -0.486. The lowest BCUT2D eigenvalue weighted by Crippen LogP contribution is -2.14. The molecule has 0 aliphatic carbocycles. The van der Waals surface area contributed by atoms with Gasteiger partial charge >= 0.3 is 0 Å². The Morgan fingerprint density at radius 1 is 1.28 bits per heavy atom. The fourth-order valence-electron chi connectivity index (χ4n) is 1.71. The molecule has 0 saturated heterocycles. The van der Waals surface area contributed by atoms with Gasteiger partial charge in [-0.25, -0.2) is 13.8 Å². The first-order valence-electron chi connectivity index (χ1n) is 5.75. The first kappa shape index (κ1) is 12.5. The normalized spacial score (nSPS) is 11.0. The highest BCUT2D eigenvalue weighted by Gasteiger charge is 2.12. The quantitative estimate of drug-likeness (QED) is 0.907. The summed E-state index contributed by atoms with van der Waals surface area (Å²) in [4.78, 5) is 4.26. The summed E-state index contributed by atoms with van der Waals surface area (Å²) >= 11 is 0. The van der Waals surface area contributed by atoms with E-state index in [2.05, 4.69) is 10.3 Å². The highest BCUT2D eigenvalue weighted by atomic mass is 19.1. The van der Waals surface area contributed by atoms with Crippen LogP contribution in [-0.4, -0.2) is 15.6 Å². The number of hydrogen-bond acceptors (Lipinski definition) is 2. The van der Waals surface area contributed by atoms with Crippen LogP contribution in [0.1, 0.15) is 19.5 Å². The number of aryl methyl sites for hydroxylation is 1. The van der Waals surface area contributed by atoms with E-state index in [1.54, 1.807) is 13.1 Å².